The number of carbonyl (C=O) groups excluding carboxylic acids is 2. The summed E-state index contributed by atoms with van der Waals surface area (Å²) in [5.41, 5.74) is 6.34. The fourth-order valence-corrected chi connectivity index (χ4v) is 2.54. The van der Waals surface area contributed by atoms with Gasteiger partial charge in [-0.1, -0.05) is 31.2 Å². The molecule has 2 N–H and O–H groups in total. The molecule has 1 aromatic carbocycles. The maximum absolute atomic E-state index is 11.8. The molecule has 16 heavy (non-hydrogen) atoms. The van der Waals surface area contributed by atoms with Gasteiger partial charge in [0.05, 0.1) is 5.41 Å². The molecule has 1 amide bonds. The average Bonchev–Trinajstić information content (AvgIpc) is 2.30. The lowest BCUT2D eigenvalue weighted by molar-refractivity contribution is -0.124. The van der Waals surface area contributed by atoms with Crippen molar-refractivity contribution < 1.29 is 9.59 Å². The Kier molecular flexibility index (Phi) is 2.54. The van der Waals surface area contributed by atoms with Gasteiger partial charge >= 0.3 is 0 Å². The lowest BCUT2D eigenvalue weighted by Crippen LogP contribution is -2.44. The van der Waals surface area contributed by atoms with Crippen LogP contribution in [0.1, 0.15) is 42.1 Å². The van der Waals surface area contributed by atoms with Crippen molar-refractivity contribution in [3.8, 4) is 0 Å². The highest BCUT2D eigenvalue weighted by Crippen LogP contribution is 2.39. The van der Waals surface area contributed by atoms with Crippen LogP contribution in [0.25, 0.3) is 0 Å². The van der Waals surface area contributed by atoms with E-state index in [1.165, 1.54) is 0 Å². The molecule has 2 rings (SSSR count). The van der Waals surface area contributed by atoms with Crippen molar-refractivity contribution in [3.05, 3.63) is 35.4 Å². The van der Waals surface area contributed by atoms with Crippen LogP contribution in [0, 0.1) is 0 Å². The Morgan fingerprint density at radius 2 is 2.12 bits per heavy atom. The quantitative estimate of drug-likeness (QED) is 0.821. The van der Waals surface area contributed by atoms with Gasteiger partial charge in [-0.2, -0.15) is 0 Å². The SMILES string of the molecule is CC[C@]1(C(N)=O)CCC(=O)c2ccccc21. The highest BCUT2D eigenvalue weighted by atomic mass is 16.1. The summed E-state index contributed by atoms with van der Waals surface area (Å²) in [5.74, 6) is -0.212. The largest absolute Gasteiger partial charge is 0.369 e. The summed E-state index contributed by atoms with van der Waals surface area (Å²) in [6, 6.07) is 7.30. The molecule has 1 aliphatic carbocycles. The van der Waals surface area contributed by atoms with Crippen LogP contribution in [0.2, 0.25) is 0 Å². The highest BCUT2D eigenvalue weighted by Gasteiger charge is 2.42. The fraction of sp³-hybridized carbons (Fsp3) is 0.385. The highest BCUT2D eigenvalue weighted by molar-refractivity contribution is 6.03. The lowest BCUT2D eigenvalue weighted by Gasteiger charge is -2.34. The molecule has 84 valence electrons. The third-order valence-electron chi connectivity index (χ3n) is 3.60. The molecular weight excluding hydrogens is 202 g/mol. The number of primary amides is 1. The maximum atomic E-state index is 11.8. The lowest BCUT2D eigenvalue weighted by atomic mass is 9.67. The third-order valence-corrected chi connectivity index (χ3v) is 3.60. The van der Waals surface area contributed by atoms with Gasteiger partial charge in [-0.25, -0.2) is 0 Å². The molecule has 0 bridgehead atoms. The standard InChI is InChI=1S/C13H15NO2/c1-2-13(12(14)16)8-7-11(15)9-5-3-4-6-10(9)13/h3-6H,2,7-8H2,1H3,(H2,14,16)/t13-/m0/s1. The summed E-state index contributed by atoms with van der Waals surface area (Å²) in [4.78, 5) is 23.4. The fourth-order valence-electron chi connectivity index (χ4n) is 2.54. The van der Waals surface area contributed by atoms with Crippen LogP contribution in [0.4, 0.5) is 0 Å². The van der Waals surface area contributed by atoms with Crippen molar-refractivity contribution in [1.82, 2.24) is 0 Å². The molecule has 0 spiro atoms. The second-order valence-electron chi connectivity index (χ2n) is 4.27. The molecule has 0 unspecified atom stereocenters. The van der Waals surface area contributed by atoms with Gasteiger partial charge in [-0.05, 0) is 18.4 Å². The first-order chi connectivity index (χ1) is 7.62. The first kappa shape index (κ1) is 10.9. The Morgan fingerprint density at radius 1 is 1.44 bits per heavy atom. The number of benzene rings is 1. The number of hydrogen-bond acceptors (Lipinski definition) is 2. The molecule has 0 saturated carbocycles. The van der Waals surface area contributed by atoms with Crippen molar-refractivity contribution in [2.75, 3.05) is 0 Å². The first-order valence-electron chi connectivity index (χ1n) is 5.54. The van der Waals surface area contributed by atoms with Crippen LogP contribution in [0.15, 0.2) is 24.3 Å². The molecule has 1 aliphatic rings. The minimum absolute atomic E-state index is 0.112. The van der Waals surface area contributed by atoms with Crippen LogP contribution in [-0.2, 0) is 10.2 Å². The first-order valence-corrected chi connectivity index (χ1v) is 5.54. The van der Waals surface area contributed by atoms with E-state index in [9.17, 15) is 9.59 Å². The molecule has 0 radical (unpaired) electrons. The monoisotopic (exact) mass is 217 g/mol. The Balaban J connectivity index is 2.65. The Hall–Kier alpha value is -1.64. The number of rotatable bonds is 2. The molecule has 0 aromatic heterocycles. The molecule has 3 nitrogen and oxygen atoms in total. The van der Waals surface area contributed by atoms with E-state index in [0.717, 1.165) is 5.56 Å². The maximum Gasteiger partial charge on any atom is 0.228 e. The van der Waals surface area contributed by atoms with Crippen molar-refractivity contribution >= 4 is 11.7 Å². The van der Waals surface area contributed by atoms with Crippen molar-refractivity contribution in [1.29, 1.82) is 0 Å². The summed E-state index contributed by atoms with van der Waals surface area (Å²) >= 11 is 0. The van der Waals surface area contributed by atoms with E-state index in [1.54, 1.807) is 6.07 Å². The zero-order valence-electron chi connectivity index (χ0n) is 9.32. The Morgan fingerprint density at radius 3 is 2.75 bits per heavy atom. The third kappa shape index (κ3) is 1.35. The number of carbonyl (C=O) groups is 2. The van der Waals surface area contributed by atoms with E-state index in [2.05, 4.69) is 0 Å². The summed E-state index contributed by atoms with van der Waals surface area (Å²) in [7, 11) is 0. The van der Waals surface area contributed by atoms with Crippen LogP contribution in [0.3, 0.4) is 0 Å². The van der Waals surface area contributed by atoms with Crippen molar-refractivity contribution in [2.45, 2.75) is 31.6 Å². The van der Waals surface area contributed by atoms with Crippen LogP contribution < -0.4 is 5.73 Å². The second-order valence-corrected chi connectivity index (χ2v) is 4.27. The Bertz CT molecular complexity index is 453. The van der Waals surface area contributed by atoms with Crippen molar-refractivity contribution in [2.24, 2.45) is 5.73 Å². The summed E-state index contributed by atoms with van der Waals surface area (Å²) in [6.07, 6.45) is 1.59. The topological polar surface area (TPSA) is 60.2 Å². The molecular formula is C13H15NO2. The Labute approximate surface area is 94.6 Å². The van der Waals surface area contributed by atoms with Gasteiger partial charge in [0.1, 0.15) is 0 Å². The van der Waals surface area contributed by atoms with E-state index in [-0.39, 0.29) is 11.7 Å². The summed E-state index contributed by atoms with van der Waals surface area (Å²) in [6.45, 7) is 1.94. The van der Waals surface area contributed by atoms with Gasteiger partial charge in [0.2, 0.25) is 5.91 Å². The van der Waals surface area contributed by atoms with Crippen molar-refractivity contribution in [3.63, 3.8) is 0 Å². The zero-order chi connectivity index (χ0) is 11.8. The summed E-state index contributed by atoms with van der Waals surface area (Å²) in [5, 5.41) is 0. The van der Waals surface area contributed by atoms with Crippen LogP contribution in [0.5, 0.6) is 0 Å². The smallest absolute Gasteiger partial charge is 0.228 e. The number of fused-ring (bicyclic) bond motifs is 1. The van der Waals surface area contributed by atoms with E-state index < -0.39 is 5.41 Å². The van der Waals surface area contributed by atoms with Crippen LogP contribution >= 0.6 is 0 Å². The van der Waals surface area contributed by atoms with Gasteiger partial charge in [0, 0.05) is 12.0 Å². The minimum Gasteiger partial charge on any atom is -0.369 e. The number of nitrogens with two attached hydrogens (primary N) is 1. The molecule has 0 saturated heterocycles. The average molecular weight is 217 g/mol. The minimum atomic E-state index is -0.648. The van der Waals surface area contributed by atoms with E-state index in [1.807, 2.05) is 25.1 Å². The second kappa shape index (κ2) is 3.74. The number of Topliss-reactive ketones (excluding diaryl/α,β-unsaturated/α-hetero) is 1. The van der Waals surface area contributed by atoms with Gasteiger partial charge < -0.3 is 5.73 Å². The van der Waals surface area contributed by atoms with Crippen LogP contribution in [-0.4, -0.2) is 11.7 Å². The van der Waals surface area contributed by atoms with Gasteiger partial charge in [0.25, 0.3) is 0 Å². The molecule has 3 heteroatoms. The molecule has 0 heterocycles. The summed E-state index contributed by atoms with van der Waals surface area (Å²) < 4.78 is 0. The predicted molar refractivity (Wildman–Crippen MR) is 61.2 cm³/mol. The normalized spacial score (nSPS) is 23.9. The van der Waals surface area contributed by atoms with Gasteiger partial charge in [0.15, 0.2) is 5.78 Å². The number of ketones is 1. The molecule has 0 aliphatic heterocycles. The molecule has 1 aromatic rings. The van der Waals surface area contributed by atoms with E-state index in [4.69, 9.17) is 5.73 Å². The number of hydrogen-bond donors (Lipinski definition) is 1. The number of amides is 1. The molecule has 1 atom stereocenters. The van der Waals surface area contributed by atoms with E-state index in [0.29, 0.717) is 24.8 Å². The predicted octanol–water partition coefficient (Wildman–Crippen LogP) is 1.80. The van der Waals surface area contributed by atoms with E-state index >= 15 is 0 Å². The molecule has 0 fully saturated rings. The zero-order valence-corrected chi connectivity index (χ0v) is 9.32. The van der Waals surface area contributed by atoms with Gasteiger partial charge in [-0.15, -0.1) is 0 Å². The van der Waals surface area contributed by atoms with Gasteiger partial charge in [-0.3, -0.25) is 9.59 Å².